The lowest BCUT2D eigenvalue weighted by atomic mass is 9.99. The molecule has 2 rings (SSSR count). The van der Waals surface area contributed by atoms with E-state index in [1.165, 1.54) is 0 Å². The van der Waals surface area contributed by atoms with Crippen LogP contribution in [0.1, 0.15) is 51.7 Å². The maximum absolute atomic E-state index is 12.4. The molecule has 1 aromatic heterocycles. The van der Waals surface area contributed by atoms with Crippen molar-refractivity contribution in [1.82, 2.24) is 20.1 Å². The fourth-order valence-corrected chi connectivity index (χ4v) is 2.34. The minimum Gasteiger partial charge on any atom is -0.370 e. The topological polar surface area (TPSA) is 69.0 Å². The van der Waals surface area contributed by atoms with Gasteiger partial charge >= 0.3 is 0 Å². The molecule has 0 aromatic carbocycles. The third kappa shape index (κ3) is 2.36. The summed E-state index contributed by atoms with van der Waals surface area (Å²) in [6.07, 6.45) is 0.911. The highest BCUT2D eigenvalue weighted by Gasteiger charge is 2.42. The Hall–Kier alpha value is -1.43. The zero-order valence-electron chi connectivity index (χ0n) is 12.1. The van der Waals surface area contributed by atoms with Gasteiger partial charge in [0.05, 0.1) is 6.61 Å². The van der Waals surface area contributed by atoms with Crippen LogP contribution in [0.3, 0.4) is 0 Å². The maximum Gasteiger partial charge on any atom is 0.248 e. The Kier molecular flexibility index (Phi) is 3.89. The second-order valence-electron chi connectivity index (χ2n) is 5.49. The first-order valence-electron chi connectivity index (χ1n) is 6.81. The predicted octanol–water partition coefficient (Wildman–Crippen LogP) is 1.17. The average molecular weight is 266 g/mol. The van der Waals surface area contributed by atoms with E-state index in [2.05, 4.69) is 29.4 Å². The number of nitrogens with one attached hydrogen (secondary N) is 1. The Balaban J connectivity index is 2.39. The van der Waals surface area contributed by atoms with Gasteiger partial charge in [0.1, 0.15) is 18.0 Å². The van der Waals surface area contributed by atoms with Gasteiger partial charge in [-0.15, -0.1) is 10.2 Å². The molecule has 0 fully saturated rings. The normalized spacial score (nSPS) is 22.4. The van der Waals surface area contributed by atoms with Crippen LogP contribution in [0, 0.1) is 0 Å². The average Bonchev–Trinajstić information content (AvgIpc) is 2.81. The number of carbonyl (C=O) groups excluding carboxylic acids is 1. The molecule has 0 spiro atoms. The van der Waals surface area contributed by atoms with Crippen LogP contribution in [0.5, 0.6) is 0 Å². The highest BCUT2D eigenvalue weighted by atomic mass is 16.5. The summed E-state index contributed by atoms with van der Waals surface area (Å²) >= 11 is 0. The first-order valence-corrected chi connectivity index (χ1v) is 6.81. The molecular weight excluding hydrogens is 244 g/mol. The second-order valence-corrected chi connectivity index (χ2v) is 5.49. The number of rotatable bonds is 4. The summed E-state index contributed by atoms with van der Waals surface area (Å²) in [7, 11) is 0. The quantitative estimate of drug-likeness (QED) is 0.888. The van der Waals surface area contributed by atoms with Crippen molar-refractivity contribution in [3.63, 3.8) is 0 Å². The zero-order valence-corrected chi connectivity index (χ0v) is 12.1. The van der Waals surface area contributed by atoms with Crippen molar-refractivity contribution in [3.05, 3.63) is 11.6 Å². The van der Waals surface area contributed by atoms with Crippen molar-refractivity contribution >= 4 is 5.91 Å². The van der Waals surface area contributed by atoms with Crippen molar-refractivity contribution in [1.29, 1.82) is 0 Å². The van der Waals surface area contributed by atoms with Gasteiger partial charge in [0, 0.05) is 12.5 Å². The lowest BCUT2D eigenvalue weighted by Crippen LogP contribution is -2.53. The minimum absolute atomic E-state index is 0.0306. The van der Waals surface area contributed by atoms with Gasteiger partial charge in [0.2, 0.25) is 5.91 Å². The zero-order chi connectivity index (χ0) is 14.0. The fraction of sp³-hybridized carbons (Fsp3) is 0.769. The summed E-state index contributed by atoms with van der Waals surface area (Å²) in [4.78, 5) is 12.4. The Morgan fingerprint density at radius 2 is 2.26 bits per heavy atom. The third-order valence-electron chi connectivity index (χ3n) is 3.40. The number of amides is 1. The molecule has 6 heteroatoms. The molecule has 1 N–H and O–H groups in total. The fourth-order valence-electron chi connectivity index (χ4n) is 2.34. The monoisotopic (exact) mass is 266 g/mol. The van der Waals surface area contributed by atoms with Gasteiger partial charge in [-0.05, 0) is 13.3 Å². The molecule has 1 aliphatic rings. The van der Waals surface area contributed by atoms with E-state index in [4.69, 9.17) is 4.74 Å². The Bertz CT molecular complexity index is 469. The van der Waals surface area contributed by atoms with Gasteiger partial charge in [-0.3, -0.25) is 9.36 Å². The molecular formula is C13H22N4O2. The van der Waals surface area contributed by atoms with E-state index >= 15 is 0 Å². The van der Waals surface area contributed by atoms with Gasteiger partial charge in [-0.1, -0.05) is 20.8 Å². The van der Waals surface area contributed by atoms with Crippen molar-refractivity contribution < 1.29 is 9.53 Å². The van der Waals surface area contributed by atoms with E-state index in [1.807, 2.05) is 18.4 Å². The molecule has 0 radical (unpaired) electrons. The van der Waals surface area contributed by atoms with Crippen LogP contribution in [0.15, 0.2) is 0 Å². The molecule has 106 valence electrons. The molecule has 0 saturated carbocycles. The van der Waals surface area contributed by atoms with E-state index in [1.54, 1.807) is 0 Å². The highest BCUT2D eigenvalue weighted by molar-refractivity contribution is 5.84. The summed E-state index contributed by atoms with van der Waals surface area (Å²) in [5.41, 5.74) is -0.758. The first kappa shape index (κ1) is 14.0. The Morgan fingerprint density at radius 1 is 1.53 bits per heavy atom. The van der Waals surface area contributed by atoms with Crippen molar-refractivity contribution in [2.45, 2.75) is 52.2 Å². The number of aromatic nitrogens is 3. The predicted molar refractivity (Wildman–Crippen MR) is 70.7 cm³/mol. The standard InChI is InChI=1S/C13H22N4O2/c1-5-6-14-12(18)13(4)8-19-7-10-15-16-11(9(2)3)17(10)13/h9H,5-8H2,1-4H3,(H,14,18). The van der Waals surface area contributed by atoms with Gasteiger partial charge in [0.15, 0.2) is 5.82 Å². The maximum atomic E-state index is 12.4. The number of hydrogen-bond donors (Lipinski definition) is 1. The molecule has 19 heavy (non-hydrogen) atoms. The molecule has 0 saturated heterocycles. The molecule has 1 atom stereocenters. The molecule has 0 aliphatic carbocycles. The van der Waals surface area contributed by atoms with Crippen LogP contribution in [0.2, 0.25) is 0 Å². The van der Waals surface area contributed by atoms with Crippen molar-refractivity contribution in [3.8, 4) is 0 Å². The Labute approximate surface area is 113 Å². The second kappa shape index (κ2) is 5.28. The van der Waals surface area contributed by atoms with E-state index in [-0.39, 0.29) is 11.8 Å². The molecule has 1 amide bonds. The highest BCUT2D eigenvalue weighted by Crippen LogP contribution is 2.29. The van der Waals surface area contributed by atoms with E-state index in [0.717, 1.165) is 18.1 Å². The Morgan fingerprint density at radius 3 is 2.89 bits per heavy atom. The van der Waals surface area contributed by atoms with Crippen LogP contribution in [-0.4, -0.2) is 33.8 Å². The molecule has 1 aromatic rings. The summed E-state index contributed by atoms with van der Waals surface area (Å²) < 4.78 is 7.47. The third-order valence-corrected chi connectivity index (χ3v) is 3.40. The number of carbonyl (C=O) groups is 1. The van der Waals surface area contributed by atoms with Gasteiger partial charge in [0.25, 0.3) is 0 Å². The molecule has 0 bridgehead atoms. The van der Waals surface area contributed by atoms with Crippen molar-refractivity contribution in [2.24, 2.45) is 0 Å². The van der Waals surface area contributed by atoms with Crippen molar-refractivity contribution in [2.75, 3.05) is 13.2 Å². The summed E-state index contributed by atoms with van der Waals surface area (Å²) in [6.45, 7) is 9.46. The van der Waals surface area contributed by atoms with E-state index in [9.17, 15) is 4.79 Å². The first-order chi connectivity index (χ1) is 9.00. The van der Waals surface area contributed by atoms with Gasteiger partial charge < -0.3 is 10.1 Å². The van der Waals surface area contributed by atoms with Crippen LogP contribution in [-0.2, 0) is 21.7 Å². The van der Waals surface area contributed by atoms with Gasteiger partial charge in [-0.2, -0.15) is 0 Å². The number of ether oxygens (including phenoxy) is 1. The molecule has 1 aliphatic heterocycles. The number of nitrogens with zero attached hydrogens (tertiary/aromatic N) is 3. The minimum atomic E-state index is -0.758. The van der Waals surface area contributed by atoms with Gasteiger partial charge in [-0.25, -0.2) is 0 Å². The van der Waals surface area contributed by atoms with Crippen LogP contribution in [0.25, 0.3) is 0 Å². The summed E-state index contributed by atoms with van der Waals surface area (Å²) in [5.74, 6) is 1.76. The number of fused-ring (bicyclic) bond motifs is 1. The van der Waals surface area contributed by atoms with E-state index < -0.39 is 5.54 Å². The van der Waals surface area contributed by atoms with Crippen LogP contribution < -0.4 is 5.32 Å². The largest absolute Gasteiger partial charge is 0.370 e. The lowest BCUT2D eigenvalue weighted by molar-refractivity contribution is -0.135. The molecule has 1 unspecified atom stereocenters. The van der Waals surface area contributed by atoms with Crippen LogP contribution in [0.4, 0.5) is 0 Å². The lowest BCUT2D eigenvalue weighted by Gasteiger charge is -2.35. The SMILES string of the molecule is CCCNC(=O)C1(C)COCc2nnc(C(C)C)n21. The van der Waals surface area contributed by atoms with E-state index in [0.29, 0.717) is 19.8 Å². The molecule has 6 nitrogen and oxygen atoms in total. The smallest absolute Gasteiger partial charge is 0.248 e. The van der Waals surface area contributed by atoms with Crippen LogP contribution >= 0.6 is 0 Å². The summed E-state index contributed by atoms with van der Waals surface area (Å²) in [5, 5.41) is 11.3. The molecule has 2 heterocycles. The summed E-state index contributed by atoms with van der Waals surface area (Å²) in [6, 6.07) is 0. The number of hydrogen-bond acceptors (Lipinski definition) is 4.